The predicted octanol–water partition coefficient (Wildman–Crippen LogP) is 4.83. The maximum atomic E-state index is 14.6. The minimum absolute atomic E-state index is 0.0395. The summed E-state index contributed by atoms with van der Waals surface area (Å²) in [5.74, 6) is -3.93. The first-order valence-electron chi connectivity index (χ1n) is 10.3. The summed E-state index contributed by atoms with van der Waals surface area (Å²) in [5, 5.41) is 9.17. The summed E-state index contributed by atoms with van der Waals surface area (Å²) in [6.07, 6.45) is 0. The van der Waals surface area contributed by atoms with Gasteiger partial charge in [0.1, 0.15) is 5.75 Å². The molecule has 0 saturated heterocycles. The number of nitrogens with zero attached hydrogens (tertiary/aromatic N) is 1. The predicted molar refractivity (Wildman–Crippen MR) is 121 cm³/mol. The molecular weight excluding hydrogens is 461 g/mol. The van der Waals surface area contributed by atoms with Crippen LogP contribution >= 0.6 is 0 Å². The first-order valence-corrected chi connectivity index (χ1v) is 10.3. The Balaban J connectivity index is 1.90. The van der Waals surface area contributed by atoms with Gasteiger partial charge in [-0.15, -0.1) is 0 Å². The van der Waals surface area contributed by atoms with E-state index in [1.54, 1.807) is 0 Å². The smallest absolute Gasteiger partial charge is 0.335 e. The Hall–Kier alpha value is -4.73. The van der Waals surface area contributed by atoms with Crippen LogP contribution in [0.4, 0.5) is 15.8 Å². The molecule has 0 aliphatic carbocycles. The molecule has 4 rings (SSSR count). The summed E-state index contributed by atoms with van der Waals surface area (Å²) in [6, 6.07) is 10.9. The highest BCUT2D eigenvalue weighted by atomic mass is 19.1. The van der Waals surface area contributed by atoms with Crippen molar-refractivity contribution in [1.29, 1.82) is 0 Å². The fourth-order valence-electron chi connectivity index (χ4n) is 3.66. The molecule has 10 heteroatoms. The molecule has 1 aliphatic heterocycles. The van der Waals surface area contributed by atoms with Crippen molar-refractivity contribution in [3.05, 3.63) is 59.9 Å². The normalized spacial score (nSPS) is 11.6. The molecule has 0 aromatic heterocycles. The zero-order valence-electron chi connectivity index (χ0n) is 18.7. The minimum Gasteiger partial charge on any atom is -0.478 e. The Kier molecular flexibility index (Phi) is 5.96. The molecule has 0 spiro atoms. The SMILES string of the molecule is CC(=O)Oc1cc2c(cc1F)N(C(C)=O)c1cc(-c3ccc(C(=O)O)cc3)c(OC(C)=O)cc1O2. The van der Waals surface area contributed by atoms with E-state index in [2.05, 4.69) is 0 Å². The highest BCUT2D eigenvalue weighted by Crippen LogP contribution is 2.52. The van der Waals surface area contributed by atoms with Crippen molar-refractivity contribution in [1.82, 2.24) is 0 Å². The van der Waals surface area contributed by atoms with Crippen LogP contribution in [0.15, 0.2) is 48.5 Å². The first kappa shape index (κ1) is 23.4. The molecule has 3 aromatic carbocycles. The number of amides is 1. The summed E-state index contributed by atoms with van der Waals surface area (Å²) < 4.78 is 30.7. The van der Waals surface area contributed by atoms with Gasteiger partial charge in [-0.05, 0) is 23.8 Å². The van der Waals surface area contributed by atoms with Gasteiger partial charge in [-0.25, -0.2) is 9.18 Å². The Morgan fingerprint density at radius 2 is 1.37 bits per heavy atom. The molecule has 0 fully saturated rings. The lowest BCUT2D eigenvalue weighted by Gasteiger charge is -2.31. The van der Waals surface area contributed by atoms with Crippen LogP contribution in [0.2, 0.25) is 0 Å². The lowest BCUT2D eigenvalue weighted by atomic mass is 10.0. The number of ether oxygens (including phenoxy) is 3. The number of carbonyl (C=O) groups is 4. The van der Waals surface area contributed by atoms with Crippen LogP contribution in [0.25, 0.3) is 11.1 Å². The zero-order chi connectivity index (χ0) is 25.4. The highest BCUT2D eigenvalue weighted by molar-refractivity contribution is 6.04. The van der Waals surface area contributed by atoms with Crippen molar-refractivity contribution in [3.63, 3.8) is 0 Å². The van der Waals surface area contributed by atoms with Crippen LogP contribution in [-0.4, -0.2) is 28.9 Å². The Morgan fingerprint density at radius 1 is 0.829 bits per heavy atom. The molecule has 1 N–H and O–H groups in total. The van der Waals surface area contributed by atoms with E-state index in [0.717, 1.165) is 19.1 Å². The fourth-order valence-corrected chi connectivity index (χ4v) is 3.66. The van der Waals surface area contributed by atoms with Gasteiger partial charge >= 0.3 is 17.9 Å². The minimum atomic E-state index is -1.11. The number of halogens is 1. The standard InChI is InChI=1S/C25H18FNO8/c1-12(28)27-19-8-17(15-4-6-16(7-5-15)25(31)32)21(33-13(2)29)10-23(19)35-24-11-22(34-14(3)30)18(26)9-20(24)27/h4-11H,1-3H3,(H,31,32). The van der Waals surface area contributed by atoms with E-state index in [1.165, 1.54) is 55.1 Å². The van der Waals surface area contributed by atoms with Gasteiger partial charge in [0.15, 0.2) is 23.1 Å². The molecule has 0 unspecified atom stereocenters. The van der Waals surface area contributed by atoms with Crippen molar-refractivity contribution in [2.75, 3.05) is 4.90 Å². The number of aromatic carboxylic acids is 1. The van der Waals surface area contributed by atoms with Crippen LogP contribution in [0.3, 0.4) is 0 Å². The lowest BCUT2D eigenvalue weighted by molar-refractivity contribution is -0.132. The van der Waals surface area contributed by atoms with Crippen molar-refractivity contribution in [2.24, 2.45) is 0 Å². The number of esters is 2. The highest BCUT2D eigenvalue weighted by Gasteiger charge is 2.31. The van der Waals surface area contributed by atoms with Crippen molar-refractivity contribution < 1.29 is 42.9 Å². The zero-order valence-corrected chi connectivity index (χ0v) is 18.7. The van der Waals surface area contributed by atoms with Gasteiger partial charge in [-0.3, -0.25) is 19.3 Å². The van der Waals surface area contributed by atoms with E-state index in [-0.39, 0.29) is 39.9 Å². The van der Waals surface area contributed by atoms with E-state index < -0.39 is 29.6 Å². The number of carboxylic acid groups (broad SMARTS) is 1. The number of hydrogen-bond donors (Lipinski definition) is 1. The molecule has 178 valence electrons. The van der Waals surface area contributed by atoms with Crippen molar-refractivity contribution in [2.45, 2.75) is 20.8 Å². The van der Waals surface area contributed by atoms with E-state index in [0.29, 0.717) is 11.1 Å². The number of carbonyl (C=O) groups excluding carboxylic acids is 3. The largest absolute Gasteiger partial charge is 0.478 e. The Labute approximate surface area is 198 Å². The molecule has 0 radical (unpaired) electrons. The molecular formula is C25H18FNO8. The molecule has 0 bridgehead atoms. The second-order valence-corrected chi connectivity index (χ2v) is 7.59. The van der Waals surface area contributed by atoms with Crippen LogP contribution in [0.5, 0.6) is 23.0 Å². The fraction of sp³-hybridized carbons (Fsp3) is 0.120. The molecule has 1 amide bonds. The molecule has 0 saturated carbocycles. The van der Waals surface area contributed by atoms with Gasteiger partial charge in [-0.1, -0.05) is 12.1 Å². The summed E-state index contributed by atoms with van der Waals surface area (Å²) in [6.45, 7) is 3.60. The maximum Gasteiger partial charge on any atom is 0.335 e. The molecule has 3 aromatic rings. The molecule has 0 atom stereocenters. The number of hydrogen-bond acceptors (Lipinski definition) is 7. The lowest BCUT2D eigenvalue weighted by Crippen LogP contribution is -2.26. The summed E-state index contributed by atoms with van der Waals surface area (Å²) in [4.78, 5) is 48.1. The second kappa shape index (κ2) is 8.90. The van der Waals surface area contributed by atoms with Gasteiger partial charge in [0.2, 0.25) is 5.91 Å². The average molecular weight is 479 g/mol. The van der Waals surface area contributed by atoms with Gasteiger partial charge in [-0.2, -0.15) is 0 Å². The Bertz CT molecular complexity index is 1400. The van der Waals surface area contributed by atoms with Crippen LogP contribution in [-0.2, 0) is 14.4 Å². The number of benzene rings is 3. The first-order chi connectivity index (χ1) is 16.5. The summed E-state index contributed by atoms with van der Waals surface area (Å²) in [5.41, 5.74) is 1.23. The van der Waals surface area contributed by atoms with E-state index >= 15 is 0 Å². The molecule has 1 aliphatic rings. The topological polar surface area (TPSA) is 119 Å². The third-order valence-corrected chi connectivity index (χ3v) is 5.04. The maximum absolute atomic E-state index is 14.6. The number of rotatable bonds is 4. The quantitative estimate of drug-likeness (QED) is 0.417. The number of carboxylic acids is 1. The van der Waals surface area contributed by atoms with Gasteiger partial charge in [0.25, 0.3) is 0 Å². The van der Waals surface area contributed by atoms with E-state index in [9.17, 15) is 23.6 Å². The van der Waals surface area contributed by atoms with Gasteiger partial charge < -0.3 is 19.3 Å². The third kappa shape index (κ3) is 4.54. The molecule has 35 heavy (non-hydrogen) atoms. The van der Waals surface area contributed by atoms with E-state index in [4.69, 9.17) is 19.3 Å². The van der Waals surface area contributed by atoms with Crippen LogP contribution < -0.4 is 19.1 Å². The molecule has 1 heterocycles. The third-order valence-electron chi connectivity index (χ3n) is 5.04. The van der Waals surface area contributed by atoms with Crippen molar-refractivity contribution in [3.8, 4) is 34.1 Å². The van der Waals surface area contributed by atoms with Crippen LogP contribution in [0.1, 0.15) is 31.1 Å². The second-order valence-electron chi connectivity index (χ2n) is 7.59. The monoisotopic (exact) mass is 479 g/mol. The summed E-state index contributed by atoms with van der Waals surface area (Å²) >= 11 is 0. The van der Waals surface area contributed by atoms with Gasteiger partial charge in [0, 0.05) is 44.5 Å². The molecule has 9 nitrogen and oxygen atoms in total. The van der Waals surface area contributed by atoms with Crippen molar-refractivity contribution >= 4 is 35.2 Å². The number of anilines is 2. The number of fused-ring (bicyclic) bond motifs is 2. The summed E-state index contributed by atoms with van der Waals surface area (Å²) in [7, 11) is 0. The van der Waals surface area contributed by atoms with E-state index in [1.807, 2.05) is 0 Å². The van der Waals surface area contributed by atoms with Crippen LogP contribution in [0, 0.1) is 5.82 Å². The van der Waals surface area contributed by atoms with Gasteiger partial charge in [0.05, 0.1) is 16.9 Å². The average Bonchev–Trinajstić information content (AvgIpc) is 2.77. The Morgan fingerprint density at radius 3 is 1.91 bits per heavy atom.